The second kappa shape index (κ2) is 7.14. The molecule has 0 radical (unpaired) electrons. The number of piperidine rings is 1. The molecule has 1 saturated heterocycles. The normalized spacial score (nSPS) is 17.5. The lowest BCUT2D eigenvalue weighted by Gasteiger charge is -2.32. The van der Waals surface area contributed by atoms with Crippen molar-refractivity contribution in [2.45, 2.75) is 39.0 Å². The van der Waals surface area contributed by atoms with Gasteiger partial charge >= 0.3 is 0 Å². The van der Waals surface area contributed by atoms with Crippen molar-refractivity contribution in [3.05, 3.63) is 51.0 Å². The van der Waals surface area contributed by atoms with Crippen LogP contribution in [0.3, 0.4) is 0 Å². The van der Waals surface area contributed by atoms with Gasteiger partial charge in [-0.25, -0.2) is 4.98 Å². The van der Waals surface area contributed by atoms with E-state index in [1.54, 1.807) is 11.3 Å². The second-order valence-electron chi connectivity index (χ2n) is 6.32. The molecule has 2 heterocycles. The maximum atomic E-state index is 12.8. The summed E-state index contributed by atoms with van der Waals surface area (Å²) in [6.07, 6.45) is 2.43. The number of amides is 1. The third kappa shape index (κ3) is 3.49. The number of nitrogens with zero attached hydrogens (tertiary/aromatic N) is 3. The van der Waals surface area contributed by atoms with Gasteiger partial charge in [-0.05, 0) is 44.4 Å². The highest BCUT2D eigenvalue weighted by Crippen LogP contribution is 2.31. The van der Waals surface area contributed by atoms with Gasteiger partial charge in [0.25, 0.3) is 5.91 Å². The van der Waals surface area contributed by atoms with Crippen LogP contribution in [0.2, 0.25) is 0 Å². The first-order chi connectivity index (χ1) is 11.6. The highest BCUT2D eigenvalue weighted by atomic mass is 32.1. The van der Waals surface area contributed by atoms with Gasteiger partial charge in [0.2, 0.25) is 0 Å². The summed E-state index contributed by atoms with van der Waals surface area (Å²) in [5.74, 6) is 0.395. The zero-order valence-electron chi connectivity index (χ0n) is 14.1. The number of hydrogen-bond acceptors (Lipinski definition) is 4. The molecule has 4 nitrogen and oxygen atoms in total. The van der Waals surface area contributed by atoms with E-state index in [0.29, 0.717) is 17.9 Å². The van der Waals surface area contributed by atoms with Crippen LogP contribution in [0.5, 0.6) is 0 Å². The van der Waals surface area contributed by atoms with Crippen molar-refractivity contribution in [1.29, 1.82) is 5.26 Å². The van der Waals surface area contributed by atoms with Gasteiger partial charge < -0.3 is 4.90 Å². The van der Waals surface area contributed by atoms with Crippen LogP contribution in [-0.4, -0.2) is 28.9 Å². The standard InChI is InChI=1S/C19H21N3OS/c1-13-14(2)24-18(21-13)17-7-4-10-22(12-17)19(23)16-6-3-5-15(11-16)8-9-20/h3,5-6,11,17H,4,7-8,10,12H2,1-2H3. The van der Waals surface area contributed by atoms with E-state index in [9.17, 15) is 4.79 Å². The molecule has 1 atom stereocenters. The molecule has 1 amide bonds. The number of aryl methyl sites for hydroxylation is 2. The zero-order chi connectivity index (χ0) is 17.1. The quantitative estimate of drug-likeness (QED) is 0.853. The molecule has 1 fully saturated rings. The lowest BCUT2D eigenvalue weighted by Crippen LogP contribution is -2.39. The Morgan fingerprint density at radius 2 is 2.29 bits per heavy atom. The lowest BCUT2D eigenvalue weighted by atomic mass is 9.97. The molecule has 1 aliphatic rings. The summed E-state index contributed by atoms with van der Waals surface area (Å²) in [4.78, 5) is 20.7. The number of thiazole rings is 1. The Bertz CT molecular complexity index is 771. The molecular formula is C19H21N3OS. The fourth-order valence-corrected chi connectivity index (χ4v) is 4.17. The van der Waals surface area contributed by atoms with Crippen molar-refractivity contribution < 1.29 is 4.79 Å². The average molecular weight is 339 g/mol. The van der Waals surface area contributed by atoms with Crippen molar-refractivity contribution in [3.63, 3.8) is 0 Å². The zero-order valence-corrected chi connectivity index (χ0v) is 14.9. The number of hydrogen-bond donors (Lipinski definition) is 0. The van der Waals surface area contributed by atoms with Gasteiger partial charge in [0.15, 0.2) is 0 Å². The molecule has 0 N–H and O–H groups in total. The Balaban J connectivity index is 1.75. The van der Waals surface area contributed by atoms with Crippen molar-refractivity contribution in [1.82, 2.24) is 9.88 Å². The van der Waals surface area contributed by atoms with Crippen molar-refractivity contribution in [2.24, 2.45) is 0 Å². The number of aromatic nitrogens is 1. The number of carbonyl (C=O) groups is 1. The predicted molar refractivity (Wildman–Crippen MR) is 95.2 cm³/mol. The summed E-state index contributed by atoms with van der Waals surface area (Å²) in [5, 5.41) is 9.99. The summed E-state index contributed by atoms with van der Waals surface area (Å²) >= 11 is 1.75. The third-order valence-corrected chi connectivity index (χ3v) is 5.80. The summed E-state index contributed by atoms with van der Waals surface area (Å²) in [6, 6.07) is 9.56. The molecular weight excluding hydrogens is 318 g/mol. The SMILES string of the molecule is Cc1nc(C2CCCN(C(=O)c3cccc(CC#N)c3)C2)sc1C. The van der Waals surface area contributed by atoms with Crippen LogP contribution in [0, 0.1) is 25.2 Å². The molecule has 1 aromatic carbocycles. The molecule has 0 aliphatic carbocycles. The number of likely N-dealkylation sites (tertiary alicyclic amines) is 1. The van der Waals surface area contributed by atoms with E-state index in [-0.39, 0.29) is 5.91 Å². The molecule has 2 aromatic rings. The molecule has 1 aliphatic heterocycles. The van der Waals surface area contributed by atoms with Crippen molar-refractivity contribution >= 4 is 17.2 Å². The third-order valence-electron chi connectivity index (χ3n) is 4.56. The van der Waals surface area contributed by atoms with Gasteiger partial charge in [-0.3, -0.25) is 4.79 Å². The van der Waals surface area contributed by atoms with E-state index in [0.717, 1.165) is 42.2 Å². The van der Waals surface area contributed by atoms with Crippen LogP contribution in [0.15, 0.2) is 24.3 Å². The van der Waals surface area contributed by atoms with Crippen molar-refractivity contribution in [2.75, 3.05) is 13.1 Å². The lowest BCUT2D eigenvalue weighted by molar-refractivity contribution is 0.0707. The van der Waals surface area contributed by atoms with Gasteiger partial charge in [0.05, 0.1) is 23.2 Å². The van der Waals surface area contributed by atoms with E-state index >= 15 is 0 Å². The number of nitriles is 1. The highest BCUT2D eigenvalue weighted by molar-refractivity contribution is 7.11. The Kier molecular flexibility index (Phi) is 4.96. The monoisotopic (exact) mass is 339 g/mol. The number of carbonyl (C=O) groups excluding carboxylic acids is 1. The molecule has 1 unspecified atom stereocenters. The predicted octanol–water partition coefficient (Wildman–Crippen LogP) is 3.85. The minimum Gasteiger partial charge on any atom is -0.338 e. The van der Waals surface area contributed by atoms with E-state index in [1.165, 1.54) is 4.88 Å². The molecule has 0 saturated carbocycles. The fourth-order valence-electron chi connectivity index (χ4n) is 3.12. The van der Waals surface area contributed by atoms with E-state index in [1.807, 2.05) is 36.1 Å². The molecule has 124 valence electrons. The van der Waals surface area contributed by atoms with Crippen LogP contribution in [0.25, 0.3) is 0 Å². The minimum atomic E-state index is 0.0597. The van der Waals surface area contributed by atoms with Crippen LogP contribution in [0.1, 0.15) is 50.3 Å². The van der Waals surface area contributed by atoms with Gasteiger partial charge in [0.1, 0.15) is 0 Å². The highest BCUT2D eigenvalue weighted by Gasteiger charge is 2.27. The van der Waals surface area contributed by atoms with Crippen LogP contribution in [0.4, 0.5) is 0 Å². The number of benzene rings is 1. The summed E-state index contributed by atoms with van der Waals surface area (Å²) < 4.78 is 0. The van der Waals surface area contributed by atoms with Crippen LogP contribution in [-0.2, 0) is 6.42 Å². The largest absolute Gasteiger partial charge is 0.338 e. The van der Waals surface area contributed by atoms with Gasteiger partial charge in [0, 0.05) is 29.4 Å². The molecule has 24 heavy (non-hydrogen) atoms. The second-order valence-corrected chi connectivity index (χ2v) is 7.55. The molecule has 5 heteroatoms. The smallest absolute Gasteiger partial charge is 0.253 e. The van der Waals surface area contributed by atoms with Crippen LogP contribution < -0.4 is 0 Å². The Morgan fingerprint density at radius 3 is 3.00 bits per heavy atom. The summed E-state index contributed by atoms with van der Waals surface area (Å²) in [6.45, 7) is 5.67. The van der Waals surface area contributed by atoms with Gasteiger partial charge in [-0.1, -0.05) is 12.1 Å². The van der Waals surface area contributed by atoms with E-state index < -0.39 is 0 Å². The van der Waals surface area contributed by atoms with Crippen molar-refractivity contribution in [3.8, 4) is 6.07 Å². The average Bonchev–Trinajstić information content (AvgIpc) is 2.94. The molecule has 0 bridgehead atoms. The maximum Gasteiger partial charge on any atom is 0.253 e. The Labute approximate surface area is 146 Å². The summed E-state index contributed by atoms with van der Waals surface area (Å²) in [5.41, 5.74) is 2.67. The van der Waals surface area contributed by atoms with E-state index in [4.69, 9.17) is 5.26 Å². The Morgan fingerprint density at radius 1 is 1.46 bits per heavy atom. The molecule has 0 spiro atoms. The van der Waals surface area contributed by atoms with Gasteiger partial charge in [-0.2, -0.15) is 5.26 Å². The first kappa shape index (κ1) is 16.7. The topological polar surface area (TPSA) is 57.0 Å². The molecule has 1 aromatic heterocycles. The first-order valence-electron chi connectivity index (χ1n) is 8.27. The minimum absolute atomic E-state index is 0.0597. The van der Waals surface area contributed by atoms with E-state index in [2.05, 4.69) is 18.0 Å². The number of rotatable bonds is 3. The summed E-state index contributed by atoms with van der Waals surface area (Å²) in [7, 11) is 0. The van der Waals surface area contributed by atoms with Gasteiger partial charge in [-0.15, -0.1) is 11.3 Å². The first-order valence-corrected chi connectivity index (χ1v) is 9.09. The molecule has 3 rings (SSSR count). The Hall–Kier alpha value is -2.19. The maximum absolute atomic E-state index is 12.8. The fraction of sp³-hybridized carbons (Fsp3) is 0.421. The van der Waals surface area contributed by atoms with Crippen LogP contribution >= 0.6 is 11.3 Å².